The van der Waals surface area contributed by atoms with Crippen LogP contribution in [-0.2, 0) is 4.79 Å². The van der Waals surface area contributed by atoms with E-state index in [2.05, 4.69) is 19.1 Å². The Bertz CT molecular complexity index is 239. The lowest BCUT2D eigenvalue weighted by Gasteiger charge is -1.99. The van der Waals surface area contributed by atoms with Gasteiger partial charge in [-0.1, -0.05) is 70.4 Å². The Morgan fingerprint density at radius 1 is 0.762 bits per heavy atom. The number of carboxylic acid groups (broad SMARTS) is 1. The van der Waals surface area contributed by atoms with Crippen molar-refractivity contribution in [3.63, 3.8) is 0 Å². The van der Waals surface area contributed by atoms with E-state index in [-0.39, 0.29) is 17.4 Å². The van der Waals surface area contributed by atoms with Gasteiger partial charge in [-0.15, -0.1) is 0 Å². The zero-order valence-electron chi connectivity index (χ0n) is 14.0. The number of allylic oxidation sites excluding steroid dienone is 2. The molecule has 121 valence electrons. The molecule has 0 aromatic heterocycles. The number of rotatable bonds is 15. The molecule has 2 nitrogen and oxygen atoms in total. The van der Waals surface area contributed by atoms with Crippen LogP contribution in [0.15, 0.2) is 12.2 Å². The summed E-state index contributed by atoms with van der Waals surface area (Å²) in [4.78, 5) is 10.3. The Morgan fingerprint density at radius 2 is 1.19 bits per heavy atom. The Labute approximate surface area is 142 Å². The van der Waals surface area contributed by atoms with Crippen molar-refractivity contribution in [3.05, 3.63) is 12.2 Å². The van der Waals surface area contributed by atoms with E-state index in [9.17, 15) is 4.79 Å². The van der Waals surface area contributed by atoms with Crippen LogP contribution < -0.4 is 0 Å². The normalized spacial score (nSPS) is 10.7. The molecular formula is C18H34AlO2. The summed E-state index contributed by atoms with van der Waals surface area (Å²) in [5.74, 6) is -0.664. The van der Waals surface area contributed by atoms with Crippen LogP contribution in [0.5, 0.6) is 0 Å². The van der Waals surface area contributed by atoms with Gasteiger partial charge in [0, 0.05) is 23.8 Å². The van der Waals surface area contributed by atoms with Crippen molar-refractivity contribution < 1.29 is 9.90 Å². The first-order chi connectivity index (χ1) is 9.77. The topological polar surface area (TPSA) is 37.3 Å². The summed E-state index contributed by atoms with van der Waals surface area (Å²) in [7, 11) is 0. The first-order valence-electron chi connectivity index (χ1n) is 8.64. The molecular weight excluding hydrogens is 275 g/mol. The molecule has 3 heteroatoms. The second-order valence-corrected chi connectivity index (χ2v) is 5.73. The van der Waals surface area contributed by atoms with E-state index in [1.807, 2.05) is 0 Å². The predicted octanol–water partition coefficient (Wildman–Crippen LogP) is 5.73. The molecule has 0 unspecified atom stereocenters. The van der Waals surface area contributed by atoms with Gasteiger partial charge in [-0.3, -0.25) is 4.79 Å². The van der Waals surface area contributed by atoms with Crippen molar-refractivity contribution in [2.24, 2.45) is 0 Å². The molecule has 0 aliphatic heterocycles. The molecule has 0 atom stereocenters. The van der Waals surface area contributed by atoms with Gasteiger partial charge in [0.2, 0.25) is 0 Å². The highest BCUT2D eigenvalue weighted by molar-refractivity contribution is 5.75. The molecule has 0 bridgehead atoms. The maximum atomic E-state index is 10.3. The number of unbranched alkanes of at least 4 members (excludes halogenated alkanes) is 11. The highest BCUT2D eigenvalue weighted by Crippen LogP contribution is 2.09. The van der Waals surface area contributed by atoms with Crippen LogP contribution in [0.1, 0.15) is 96.8 Å². The Morgan fingerprint density at radius 3 is 1.67 bits per heavy atom. The summed E-state index contributed by atoms with van der Waals surface area (Å²) >= 11 is 0. The van der Waals surface area contributed by atoms with Gasteiger partial charge in [-0.05, 0) is 32.1 Å². The molecule has 21 heavy (non-hydrogen) atoms. The van der Waals surface area contributed by atoms with Crippen molar-refractivity contribution in [1.29, 1.82) is 0 Å². The predicted molar refractivity (Wildman–Crippen MR) is 92.8 cm³/mol. The van der Waals surface area contributed by atoms with Crippen molar-refractivity contribution >= 4 is 23.3 Å². The summed E-state index contributed by atoms with van der Waals surface area (Å²) in [6.07, 6.45) is 21.2. The largest absolute Gasteiger partial charge is 0.481 e. The Kier molecular flexibility index (Phi) is 21.6. The maximum Gasteiger partial charge on any atom is 0.303 e. The first-order valence-corrected chi connectivity index (χ1v) is 8.64. The standard InChI is InChI=1S/C18H34O2.Al/c1-2-3-4-5-6-7-8-9-10-11-12-13-14-15-16-17-18(19)20;/h9-10H,2-8,11-17H2,1H3,(H,19,20);. The van der Waals surface area contributed by atoms with Crippen LogP contribution in [-0.4, -0.2) is 28.4 Å². The van der Waals surface area contributed by atoms with Crippen LogP contribution in [0, 0.1) is 0 Å². The van der Waals surface area contributed by atoms with Gasteiger partial charge in [0.1, 0.15) is 0 Å². The smallest absolute Gasteiger partial charge is 0.303 e. The van der Waals surface area contributed by atoms with E-state index >= 15 is 0 Å². The number of hydrogen-bond donors (Lipinski definition) is 1. The zero-order chi connectivity index (χ0) is 14.9. The van der Waals surface area contributed by atoms with E-state index in [0.29, 0.717) is 6.42 Å². The number of carbonyl (C=O) groups is 1. The minimum Gasteiger partial charge on any atom is -0.481 e. The Hall–Kier alpha value is -0.258. The average Bonchev–Trinajstić information content (AvgIpc) is 2.43. The number of carboxylic acids is 1. The summed E-state index contributed by atoms with van der Waals surface area (Å²) in [6.45, 7) is 2.26. The van der Waals surface area contributed by atoms with E-state index in [1.54, 1.807) is 0 Å². The van der Waals surface area contributed by atoms with Crippen LogP contribution in [0.4, 0.5) is 0 Å². The van der Waals surface area contributed by atoms with Gasteiger partial charge in [0.05, 0.1) is 0 Å². The number of hydrogen-bond acceptors (Lipinski definition) is 1. The molecule has 0 amide bonds. The third-order valence-electron chi connectivity index (χ3n) is 3.65. The average molecular weight is 309 g/mol. The second kappa shape index (κ2) is 19.7. The lowest BCUT2D eigenvalue weighted by Crippen LogP contribution is -1.93. The molecule has 0 spiro atoms. The van der Waals surface area contributed by atoms with Crippen LogP contribution >= 0.6 is 0 Å². The van der Waals surface area contributed by atoms with Gasteiger partial charge >= 0.3 is 5.97 Å². The van der Waals surface area contributed by atoms with Crippen molar-refractivity contribution in [1.82, 2.24) is 0 Å². The van der Waals surface area contributed by atoms with Gasteiger partial charge in [0.15, 0.2) is 0 Å². The van der Waals surface area contributed by atoms with Gasteiger partial charge in [0.25, 0.3) is 0 Å². The first kappa shape index (κ1) is 23.0. The molecule has 0 aromatic carbocycles. The van der Waals surface area contributed by atoms with Crippen LogP contribution in [0.3, 0.4) is 0 Å². The maximum absolute atomic E-state index is 10.3. The van der Waals surface area contributed by atoms with E-state index < -0.39 is 5.97 Å². The summed E-state index contributed by atoms with van der Waals surface area (Å²) in [5.41, 5.74) is 0. The Balaban J connectivity index is 0. The van der Waals surface area contributed by atoms with Crippen LogP contribution in [0.25, 0.3) is 0 Å². The van der Waals surface area contributed by atoms with Gasteiger partial charge in [-0.25, -0.2) is 0 Å². The molecule has 0 fully saturated rings. The minimum atomic E-state index is -0.664. The van der Waals surface area contributed by atoms with Crippen LogP contribution in [0.2, 0.25) is 0 Å². The molecule has 0 aliphatic carbocycles. The highest BCUT2D eigenvalue weighted by atomic mass is 27.0. The highest BCUT2D eigenvalue weighted by Gasteiger charge is 1.95. The molecule has 0 rings (SSSR count). The summed E-state index contributed by atoms with van der Waals surface area (Å²) in [5, 5.41) is 8.51. The fourth-order valence-electron chi connectivity index (χ4n) is 2.35. The lowest BCUT2D eigenvalue weighted by molar-refractivity contribution is -0.137. The monoisotopic (exact) mass is 309 g/mol. The summed E-state index contributed by atoms with van der Waals surface area (Å²) < 4.78 is 0. The molecule has 3 radical (unpaired) electrons. The molecule has 1 N–H and O–H groups in total. The minimum absolute atomic E-state index is 0. The quantitative estimate of drug-likeness (QED) is 0.238. The van der Waals surface area contributed by atoms with Crippen molar-refractivity contribution in [2.45, 2.75) is 96.8 Å². The fraction of sp³-hybridized carbons (Fsp3) is 0.833. The SMILES string of the molecule is CCCCCCCCC=CCCCCCCCC(=O)O.[Al]. The molecule has 0 heterocycles. The summed E-state index contributed by atoms with van der Waals surface area (Å²) in [6, 6.07) is 0. The fourth-order valence-corrected chi connectivity index (χ4v) is 2.35. The van der Waals surface area contributed by atoms with E-state index in [0.717, 1.165) is 12.8 Å². The van der Waals surface area contributed by atoms with Crippen molar-refractivity contribution in [3.8, 4) is 0 Å². The van der Waals surface area contributed by atoms with Gasteiger partial charge < -0.3 is 5.11 Å². The molecule has 0 saturated carbocycles. The molecule has 0 aliphatic rings. The molecule has 0 aromatic rings. The van der Waals surface area contributed by atoms with Crippen molar-refractivity contribution in [2.75, 3.05) is 0 Å². The number of aliphatic carboxylic acids is 1. The third kappa shape index (κ3) is 22.2. The second-order valence-electron chi connectivity index (χ2n) is 5.73. The van der Waals surface area contributed by atoms with Gasteiger partial charge in [-0.2, -0.15) is 0 Å². The lowest BCUT2D eigenvalue weighted by atomic mass is 10.1. The van der Waals surface area contributed by atoms with E-state index in [4.69, 9.17) is 5.11 Å². The third-order valence-corrected chi connectivity index (χ3v) is 3.65. The van der Waals surface area contributed by atoms with E-state index in [1.165, 1.54) is 70.6 Å². The molecule has 0 saturated heterocycles. The zero-order valence-corrected chi connectivity index (χ0v) is 15.1.